The maximum absolute atomic E-state index is 12.8. The number of rotatable bonds is 6. The first-order valence-corrected chi connectivity index (χ1v) is 9.77. The number of carbonyl (C=O) groups is 2. The van der Waals surface area contributed by atoms with Crippen LogP contribution >= 0.6 is 0 Å². The molecule has 7 nitrogen and oxygen atoms in total. The van der Waals surface area contributed by atoms with Gasteiger partial charge in [0.05, 0.1) is 19.1 Å². The van der Waals surface area contributed by atoms with Crippen molar-refractivity contribution in [3.8, 4) is 5.75 Å². The molecule has 0 aromatic heterocycles. The maximum atomic E-state index is 12.8. The van der Waals surface area contributed by atoms with Crippen LogP contribution in [-0.2, 0) is 16.1 Å². The fourth-order valence-electron chi connectivity index (χ4n) is 3.67. The number of hydrogen-bond acceptors (Lipinski definition) is 5. The fourth-order valence-corrected chi connectivity index (χ4v) is 3.67. The molecule has 0 radical (unpaired) electrons. The first kappa shape index (κ1) is 19.6. The largest absolute Gasteiger partial charge is 0.494 e. The Bertz CT molecular complexity index is 658. The van der Waals surface area contributed by atoms with Gasteiger partial charge in [-0.1, -0.05) is 18.2 Å². The van der Waals surface area contributed by atoms with Gasteiger partial charge in [-0.2, -0.15) is 0 Å². The molecular formula is C20H30N4O3. The van der Waals surface area contributed by atoms with Crippen molar-refractivity contribution >= 4 is 11.8 Å². The van der Waals surface area contributed by atoms with Crippen LogP contribution in [0.15, 0.2) is 24.3 Å². The fraction of sp³-hybridized carbons (Fsp3) is 0.600. The minimum Gasteiger partial charge on any atom is -0.494 e. The smallest absolute Gasteiger partial charge is 0.237 e. The van der Waals surface area contributed by atoms with Gasteiger partial charge >= 0.3 is 0 Å². The number of benzene rings is 1. The van der Waals surface area contributed by atoms with E-state index in [1.54, 1.807) is 0 Å². The van der Waals surface area contributed by atoms with Crippen LogP contribution in [0.25, 0.3) is 0 Å². The minimum atomic E-state index is -0.430. The Hall–Kier alpha value is -2.12. The van der Waals surface area contributed by atoms with Crippen LogP contribution in [-0.4, -0.2) is 85.5 Å². The second kappa shape index (κ2) is 9.19. The number of nitrogens with zero attached hydrogens (tertiary/aromatic N) is 3. The number of para-hydroxylation sites is 1. The summed E-state index contributed by atoms with van der Waals surface area (Å²) in [5.41, 5.74) is 1.05. The third kappa shape index (κ3) is 4.99. The quantitative estimate of drug-likeness (QED) is 0.788. The van der Waals surface area contributed by atoms with Crippen molar-refractivity contribution in [2.75, 3.05) is 52.9 Å². The maximum Gasteiger partial charge on any atom is 0.237 e. The number of likely N-dealkylation sites (N-methyl/N-ethyl adjacent to an activating group) is 1. The van der Waals surface area contributed by atoms with Gasteiger partial charge in [0.25, 0.3) is 0 Å². The lowest BCUT2D eigenvalue weighted by Gasteiger charge is -2.37. The molecule has 2 saturated heterocycles. The second-order valence-electron chi connectivity index (χ2n) is 7.21. The highest BCUT2D eigenvalue weighted by Crippen LogP contribution is 2.22. The van der Waals surface area contributed by atoms with Crippen molar-refractivity contribution in [3.63, 3.8) is 0 Å². The Morgan fingerprint density at radius 2 is 1.93 bits per heavy atom. The molecule has 2 aliphatic rings. The van der Waals surface area contributed by atoms with Gasteiger partial charge in [-0.05, 0) is 20.0 Å². The second-order valence-corrected chi connectivity index (χ2v) is 7.21. The molecule has 7 heteroatoms. The summed E-state index contributed by atoms with van der Waals surface area (Å²) in [5, 5.41) is 2.91. The molecule has 2 heterocycles. The Labute approximate surface area is 161 Å². The lowest BCUT2D eigenvalue weighted by atomic mass is 10.1. The normalized spacial score (nSPS) is 21.8. The summed E-state index contributed by atoms with van der Waals surface area (Å²) in [7, 11) is 2.06. The summed E-state index contributed by atoms with van der Waals surface area (Å²) < 4.78 is 5.72. The van der Waals surface area contributed by atoms with Crippen LogP contribution in [0.1, 0.15) is 18.9 Å². The van der Waals surface area contributed by atoms with Crippen LogP contribution in [0.5, 0.6) is 5.75 Å². The lowest BCUT2D eigenvalue weighted by Crippen LogP contribution is -2.57. The van der Waals surface area contributed by atoms with Gasteiger partial charge in [-0.25, -0.2) is 0 Å². The molecule has 27 heavy (non-hydrogen) atoms. The topological polar surface area (TPSA) is 65.1 Å². The van der Waals surface area contributed by atoms with Crippen LogP contribution in [0.4, 0.5) is 0 Å². The van der Waals surface area contributed by atoms with Gasteiger partial charge in [-0.3, -0.25) is 14.5 Å². The number of ether oxygens (including phenoxy) is 1. The number of amides is 2. The number of carbonyl (C=O) groups excluding carboxylic acids is 2. The highest BCUT2D eigenvalue weighted by Gasteiger charge is 2.33. The zero-order chi connectivity index (χ0) is 19.2. The average Bonchev–Trinajstić information content (AvgIpc) is 2.66. The molecule has 0 bridgehead atoms. The predicted octanol–water partition coefficient (Wildman–Crippen LogP) is 0.550. The van der Waals surface area contributed by atoms with Crippen LogP contribution in [0.3, 0.4) is 0 Å². The van der Waals surface area contributed by atoms with Crippen molar-refractivity contribution in [2.45, 2.75) is 25.9 Å². The van der Waals surface area contributed by atoms with E-state index in [1.165, 1.54) is 0 Å². The Morgan fingerprint density at radius 1 is 1.19 bits per heavy atom. The van der Waals surface area contributed by atoms with Crippen LogP contribution in [0.2, 0.25) is 0 Å². The van der Waals surface area contributed by atoms with Crippen LogP contribution < -0.4 is 10.1 Å². The summed E-state index contributed by atoms with van der Waals surface area (Å²) in [6, 6.07) is 7.47. The van der Waals surface area contributed by atoms with Crippen molar-refractivity contribution in [1.82, 2.24) is 20.0 Å². The molecule has 2 aliphatic heterocycles. The molecule has 0 aliphatic carbocycles. The monoisotopic (exact) mass is 374 g/mol. The van der Waals surface area contributed by atoms with Gasteiger partial charge in [0.15, 0.2) is 0 Å². The zero-order valence-electron chi connectivity index (χ0n) is 16.3. The van der Waals surface area contributed by atoms with Gasteiger partial charge in [0.1, 0.15) is 5.75 Å². The van der Waals surface area contributed by atoms with E-state index in [4.69, 9.17) is 4.74 Å². The molecule has 2 fully saturated rings. The standard InChI is InChI=1S/C20H30N4O3/c1-3-27-18-7-5-4-6-16(18)15-24-9-8-21-20(26)17(24)14-19(25)23-12-10-22(2)11-13-23/h4-7,17H,3,8-15H2,1-2H3,(H,21,26)/t17-/m0/s1. The van der Waals surface area contributed by atoms with Gasteiger partial charge in [-0.15, -0.1) is 0 Å². The molecule has 0 spiro atoms. The Kier molecular flexibility index (Phi) is 6.68. The first-order chi connectivity index (χ1) is 13.1. The predicted molar refractivity (Wildman–Crippen MR) is 104 cm³/mol. The summed E-state index contributed by atoms with van der Waals surface area (Å²) in [5.74, 6) is 0.848. The molecule has 1 N–H and O–H groups in total. The molecule has 0 unspecified atom stereocenters. The summed E-state index contributed by atoms with van der Waals surface area (Å²) in [6.45, 7) is 7.73. The van der Waals surface area contributed by atoms with E-state index >= 15 is 0 Å². The van der Waals surface area contributed by atoms with Gasteiger partial charge in [0.2, 0.25) is 11.8 Å². The molecule has 1 atom stereocenters. The van der Waals surface area contributed by atoms with E-state index in [9.17, 15) is 9.59 Å². The molecule has 1 aromatic rings. The Morgan fingerprint density at radius 3 is 2.67 bits per heavy atom. The summed E-state index contributed by atoms with van der Waals surface area (Å²) in [6.07, 6.45) is 0.229. The van der Waals surface area contributed by atoms with Crippen molar-refractivity contribution in [2.24, 2.45) is 0 Å². The number of piperazine rings is 2. The molecule has 1 aromatic carbocycles. The number of nitrogens with one attached hydrogen (secondary N) is 1. The third-order valence-corrected chi connectivity index (χ3v) is 5.31. The molecular weight excluding hydrogens is 344 g/mol. The van der Waals surface area contributed by atoms with Gasteiger partial charge < -0.3 is 19.9 Å². The average molecular weight is 374 g/mol. The first-order valence-electron chi connectivity index (χ1n) is 9.77. The summed E-state index contributed by atoms with van der Waals surface area (Å²) >= 11 is 0. The van der Waals surface area contributed by atoms with E-state index in [-0.39, 0.29) is 18.2 Å². The van der Waals surface area contributed by atoms with Crippen molar-refractivity contribution in [1.29, 1.82) is 0 Å². The molecule has 148 valence electrons. The minimum absolute atomic E-state index is 0.0578. The Balaban J connectivity index is 1.68. The highest BCUT2D eigenvalue weighted by molar-refractivity contribution is 5.88. The highest BCUT2D eigenvalue weighted by atomic mass is 16.5. The van der Waals surface area contributed by atoms with Crippen molar-refractivity contribution < 1.29 is 14.3 Å². The van der Waals surface area contributed by atoms with E-state index in [2.05, 4.69) is 22.2 Å². The molecule has 3 rings (SSSR count). The van der Waals surface area contributed by atoms with E-state index in [0.29, 0.717) is 19.7 Å². The molecule has 0 saturated carbocycles. The summed E-state index contributed by atoms with van der Waals surface area (Å²) in [4.78, 5) is 31.5. The zero-order valence-corrected chi connectivity index (χ0v) is 16.3. The SMILES string of the molecule is CCOc1ccccc1CN1CCNC(=O)[C@@H]1CC(=O)N1CCN(C)CC1. The number of hydrogen-bond donors (Lipinski definition) is 1. The third-order valence-electron chi connectivity index (χ3n) is 5.31. The van der Waals surface area contributed by atoms with Gasteiger partial charge in [0, 0.05) is 51.4 Å². The van der Waals surface area contributed by atoms with Crippen LogP contribution in [0, 0.1) is 0 Å². The van der Waals surface area contributed by atoms with Crippen molar-refractivity contribution in [3.05, 3.63) is 29.8 Å². The van der Waals surface area contributed by atoms with E-state index in [1.807, 2.05) is 36.1 Å². The molecule has 2 amide bonds. The van der Waals surface area contributed by atoms with E-state index in [0.717, 1.165) is 44.0 Å². The lowest BCUT2D eigenvalue weighted by molar-refractivity contribution is -0.140. The van der Waals surface area contributed by atoms with E-state index < -0.39 is 6.04 Å².